The van der Waals surface area contributed by atoms with E-state index in [0.717, 1.165) is 50.9 Å². The summed E-state index contributed by atoms with van der Waals surface area (Å²) in [6.07, 6.45) is 0. The van der Waals surface area contributed by atoms with Crippen LogP contribution in [0.1, 0.15) is 18.5 Å². The summed E-state index contributed by atoms with van der Waals surface area (Å²) >= 11 is 0. The van der Waals surface area contributed by atoms with Gasteiger partial charge in [-0.1, -0.05) is 18.2 Å². The van der Waals surface area contributed by atoms with Gasteiger partial charge in [0.2, 0.25) is 0 Å². The van der Waals surface area contributed by atoms with Crippen LogP contribution in [0, 0.1) is 5.82 Å². The predicted octanol–water partition coefficient (Wildman–Crippen LogP) is 1.48. The van der Waals surface area contributed by atoms with Crippen molar-refractivity contribution in [3.05, 3.63) is 35.6 Å². The molecule has 2 saturated heterocycles. The fraction of sp³-hybridized carbons (Fsp3) is 0.600. The lowest BCUT2D eigenvalue weighted by Gasteiger charge is -2.44. The number of nitrogens with zero attached hydrogens (tertiary/aromatic N) is 2. The van der Waals surface area contributed by atoms with Crippen molar-refractivity contribution in [3.63, 3.8) is 0 Å². The number of halogens is 1. The Morgan fingerprint density at radius 2 is 1.84 bits per heavy atom. The zero-order valence-corrected chi connectivity index (χ0v) is 11.5. The van der Waals surface area contributed by atoms with Crippen LogP contribution >= 0.6 is 0 Å². The number of rotatable bonds is 3. The van der Waals surface area contributed by atoms with E-state index in [2.05, 4.69) is 22.0 Å². The predicted molar refractivity (Wildman–Crippen MR) is 74.6 cm³/mol. The molecule has 1 atom stereocenters. The van der Waals surface area contributed by atoms with Gasteiger partial charge in [-0.3, -0.25) is 9.80 Å². The average molecular weight is 263 g/mol. The Balaban J connectivity index is 1.60. The fourth-order valence-corrected chi connectivity index (χ4v) is 3.03. The van der Waals surface area contributed by atoms with Crippen LogP contribution in [0.5, 0.6) is 0 Å². The van der Waals surface area contributed by atoms with Crippen molar-refractivity contribution in [2.75, 3.05) is 39.3 Å². The second kappa shape index (κ2) is 5.57. The molecule has 0 radical (unpaired) electrons. The maximum absolute atomic E-state index is 13.8. The van der Waals surface area contributed by atoms with E-state index in [1.807, 2.05) is 12.1 Å². The van der Waals surface area contributed by atoms with Crippen molar-refractivity contribution in [2.45, 2.75) is 19.0 Å². The summed E-state index contributed by atoms with van der Waals surface area (Å²) in [5.74, 6) is -0.0828. The van der Waals surface area contributed by atoms with E-state index in [1.165, 1.54) is 0 Å². The molecule has 2 aliphatic rings. The molecule has 4 heteroatoms. The van der Waals surface area contributed by atoms with E-state index >= 15 is 0 Å². The number of piperazine rings is 1. The lowest BCUT2D eigenvalue weighted by Crippen LogP contribution is -2.61. The Morgan fingerprint density at radius 1 is 1.16 bits per heavy atom. The Morgan fingerprint density at radius 3 is 2.42 bits per heavy atom. The van der Waals surface area contributed by atoms with Crippen LogP contribution < -0.4 is 5.32 Å². The zero-order chi connectivity index (χ0) is 13.2. The molecule has 1 unspecified atom stereocenters. The molecule has 0 aromatic heterocycles. The molecular weight excluding hydrogens is 241 g/mol. The van der Waals surface area contributed by atoms with Crippen molar-refractivity contribution in [1.82, 2.24) is 15.1 Å². The highest BCUT2D eigenvalue weighted by Gasteiger charge is 2.29. The summed E-state index contributed by atoms with van der Waals surface area (Å²) < 4.78 is 13.8. The minimum absolute atomic E-state index is 0.0828. The molecule has 0 aliphatic carbocycles. The number of nitrogens with one attached hydrogen (secondary N) is 1. The zero-order valence-electron chi connectivity index (χ0n) is 11.5. The number of hydrogen-bond acceptors (Lipinski definition) is 3. The maximum atomic E-state index is 13.8. The van der Waals surface area contributed by atoms with Gasteiger partial charge in [0.15, 0.2) is 0 Å². The van der Waals surface area contributed by atoms with Crippen LogP contribution in [0.15, 0.2) is 24.3 Å². The highest BCUT2D eigenvalue weighted by molar-refractivity contribution is 5.20. The first kappa shape index (κ1) is 13.0. The van der Waals surface area contributed by atoms with Gasteiger partial charge >= 0.3 is 0 Å². The Labute approximate surface area is 114 Å². The van der Waals surface area contributed by atoms with E-state index in [-0.39, 0.29) is 11.9 Å². The second-order valence-electron chi connectivity index (χ2n) is 5.58. The van der Waals surface area contributed by atoms with Gasteiger partial charge in [-0.05, 0) is 13.0 Å². The third-order valence-corrected chi connectivity index (χ3v) is 4.53. The second-order valence-corrected chi connectivity index (χ2v) is 5.58. The number of hydrogen-bond donors (Lipinski definition) is 1. The van der Waals surface area contributed by atoms with Gasteiger partial charge in [0, 0.05) is 56.9 Å². The standard InChI is InChI=1S/C15H22FN3/c1-12(14-4-2-3-5-15(14)16)18-6-8-19(9-7-18)13-10-17-11-13/h2-5,12-13,17H,6-11H2,1H3. The first-order valence-corrected chi connectivity index (χ1v) is 7.19. The van der Waals surface area contributed by atoms with Crippen molar-refractivity contribution in [2.24, 2.45) is 0 Å². The molecular formula is C15H22FN3. The van der Waals surface area contributed by atoms with Crippen molar-refractivity contribution < 1.29 is 4.39 Å². The van der Waals surface area contributed by atoms with Gasteiger partial charge in [0.25, 0.3) is 0 Å². The van der Waals surface area contributed by atoms with Gasteiger partial charge < -0.3 is 5.32 Å². The van der Waals surface area contributed by atoms with Crippen LogP contribution in [0.4, 0.5) is 4.39 Å². The van der Waals surface area contributed by atoms with Gasteiger partial charge in [0.05, 0.1) is 0 Å². The van der Waals surface area contributed by atoms with E-state index in [9.17, 15) is 4.39 Å². The molecule has 0 spiro atoms. The maximum Gasteiger partial charge on any atom is 0.127 e. The summed E-state index contributed by atoms with van der Waals surface area (Å²) in [6.45, 7) is 8.64. The van der Waals surface area contributed by atoms with Crippen molar-refractivity contribution >= 4 is 0 Å². The van der Waals surface area contributed by atoms with Crippen LogP contribution in [-0.2, 0) is 0 Å². The van der Waals surface area contributed by atoms with E-state index in [0.29, 0.717) is 0 Å². The van der Waals surface area contributed by atoms with Crippen LogP contribution in [0.2, 0.25) is 0 Å². The van der Waals surface area contributed by atoms with Gasteiger partial charge in [-0.25, -0.2) is 4.39 Å². The SMILES string of the molecule is CC(c1ccccc1F)N1CCN(C2CNC2)CC1. The summed E-state index contributed by atoms with van der Waals surface area (Å²) in [4.78, 5) is 4.95. The van der Waals surface area contributed by atoms with E-state index in [1.54, 1.807) is 12.1 Å². The summed E-state index contributed by atoms with van der Waals surface area (Å²) in [6, 6.07) is 8.04. The quantitative estimate of drug-likeness (QED) is 0.891. The molecule has 1 N–H and O–H groups in total. The molecule has 2 aliphatic heterocycles. The molecule has 3 rings (SSSR count). The lowest BCUT2D eigenvalue weighted by atomic mass is 10.0. The van der Waals surface area contributed by atoms with Gasteiger partial charge in [-0.15, -0.1) is 0 Å². The van der Waals surface area contributed by atoms with E-state index < -0.39 is 0 Å². The van der Waals surface area contributed by atoms with Crippen LogP contribution in [0.25, 0.3) is 0 Å². The Bertz CT molecular complexity index is 425. The monoisotopic (exact) mass is 263 g/mol. The lowest BCUT2D eigenvalue weighted by molar-refractivity contribution is 0.0545. The molecule has 0 amide bonds. The van der Waals surface area contributed by atoms with Gasteiger partial charge in [-0.2, -0.15) is 0 Å². The average Bonchev–Trinajstić information content (AvgIpc) is 2.37. The molecule has 1 aromatic rings. The minimum atomic E-state index is -0.0828. The highest BCUT2D eigenvalue weighted by Crippen LogP contribution is 2.24. The molecule has 2 fully saturated rings. The molecule has 1 aromatic carbocycles. The molecule has 0 bridgehead atoms. The van der Waals surface area contributed by atoms with Crippen LogP contribution in [-0.4, -0.2) is 55.1 Å². The summed E-state index contributed by atoms with van der Waals surface area (Å²) in [5.41, 5.74) is 0.821. The summed E-state index contributed by atoms with van der Waals surface area (Å²) in [5, 5.41) is 3.32. The minimum Gasteiger partial charge on any atom is -0.314 e. The Kier molecular flexibility index (Phi) is 3.82. The topological polar surface area (TPSA) is 18.5 Å². The normalized spacial score (nSPS) is 24.1. The van der Waals surface area contributed by atoms with Gasteiger partial charge in [0.1, 0.15) is 5.82 Å². The molecule has 19 heavy (non-hydrogen) atoms. The van der Waals surface area contributed by atoms with E-state index in [4.69, 9.17) is 0 Å². The third kappa shape index (κ3) is 2.66. The molecule has 0 saturated carbocycles. The third-order valence-electron chi connectivity index (χ3n) is 4.53. The fourth-order valence-electron chi connectivity index (χ4n) is 3.03. The molecule has 2 heterocycles. The van der Waals surface area contributed by atoms with Crippen molar-refractivity contribution in [1.29, 1.82) is 0 Å². The molecule has 104 valence electrons. The largest absolute Gasteiger partial charge is 0.314 e. The highest BCUT2D eigenvalue weighted by atomic mass is 19.1. The smallest absolute Gasteiger partial charge is 0.127 e. The number of benzene rings is 1. The van der Waals surface area contributed by atoms with Crippen LogP contribution in [0.3, 0.4) is 0 Å². The van der Waals surface area contributed by atoms with Crippen molar-refractivity contribution in [3.8, 4) is 0 Å². The first-order valence-electron chi connectivity index (χ1n) is 7.19. The summed E-state index contributed by atoms with van der Waals surface area (Å²) in [7, 11) is 0. The Hall–Kier alpha value is -0.970. The molecule has 3 nitrogen and oxygen atoms in total. The first-order chi connectivity index (χ1) is 9.25.